The standard InChI is InChI=1S/C21H24N2O3/c1-3-23(18-11-5-4-8-15(18)2)21(25)16-9-6-10-17(14-16)22-20(24)19-12-7-13-26-19/h4-6,8-11,14,19H,3,7,12-13H2,1-2H3,(H,22,24)/t19-/m1/s1. The minimum Gasteiger partial charge on any atom is -0.368 e. The van der Waals surface area contributed by atoms with Gasteiger partial charge in [0, 0.05) is 30.1 Å². The Morgan fingerprint density at radius 1 is 1.19 bits per heavy atom. The van der Waals surface area contributed by atoms with Gasteiger partial charge in [0.1, 0.15) is 6.10 Å². The van der Waals surface area contributed by atoms with Crippen molar-refractivity contribution in [1.29, 1.82) is 0 Å². The van der Waals surface area contributed by atoms with Gasteiger partial charge in [0.25, 0.3) is 11.8 Å². The SMILES string of the molecule is CCN(C(=O)c1cccc(NC(=O)[C@H]2CCCO2)c1)c1ccccc1C. The van der Waals surface area contributed by atoms with E-state index < -0.39 is 6.10 Å². The molecule has 2 amide bonds. The molecule has 0 spiro atoms. The van der Waals surface area contributed by atoms with E-state index in [4.69, 9.17) is 4.74 Å². The minimum atomic E-state index is -0.395. The Morgan fingerprint density at radius 3 is 2.69 bits per heavy atom. The van der Waals surface area contributed by atoms with E-state index in [0.717, 1.165) is 24.1 Å². The number of para-hydroxylation sites is 1. The number of hydrogen-bond acceptors (Lipinski definition) is 3. The van der Waals surface area contributed by atoms with Crippen molar-refractivity contribution in [1.82, 2.24) is 0 Å². The molecule has 1 heterocycles. The molecule has 2 aromatic carbocycles. The van der Waals surface area contributed by atoms with Gasteiger partial charge in [-0.15, -0.1) is 0 Å². The summed E-state index contributed by atoms with van der Waals surface area (Å²) in [5, 5.41) is 2.85. The number of benzene rings is 2. The van der Waals surface area contributed by atoms with Gasteiger partial charge in [0.15, 0.2) is 0 Å². The Bertz CT molecular complexity index is 797. The van der Waals surface area contributed by atoms with Crippen molar-refractivity contribution in [2.75, 3.05) is 23.4 Å². The molecule has 5 heteroatoms. The van der Waals surface area contributed by atoms with Crippen LogP contribution in [0.5, 0.6) is 0 Å². The lowest BCUT2D eigenvalue weighted by Crippen LogP contribution is -2.31. The number of hydrogen-bond donors (Lipinski definition) is 1. The van der Waals surface area contributed by atoms with Crippen LogP contribution >= 0.6 is 0 Å². The lowest BCUT2D eigenvalue weighted by molar-refractivity contribution is -0.124. The minimum absolute atomic E-state index is 0.0879. The Labute approximate surface area is 154 Å². The van der Waals surface area contributed by atoms with Crippen LogP contribution in [0.15, 0.2) is 48.5 Å². The smallest absolute Gasteiger partial charge is 0.258 e. The molecular weight excluding hydrogens is 328 g/mol. The average molecular weight is 352 g/mol. The number of nitrogens with zero attached hydrogens (tertiary/aromatic N) is 1. The summed E-state index contributed by atoms with van der Waals surface area (Å²) < 4.78 is 5.40. The number of amides is 2. The van der Waals surface area contributed by atoms with E-state index in [1.54, 1.807) is 29.2 Å². The number of carbonyl (C=O) groups is 2. The van der Waals surface area contributed by atoms with Crippen LogP contribution in [0.4, 0.5) is 11.4 Å². The molecule has 5 nitrogen and oxygen atoms in total. The topological polar surface area (TPSA) is 58.6 Å². The first-order valence-corrected chi connectivity index (χ1v) is 9.00. The van der Waals surface area contributed by atoms with E-state index in [1.165, 1.54) is 0 Å². The quantitative estimate of drug-likeness (QED) is 0.891. The second kappa shape index (κ2) is 8.15. The zero-order valence-corrected chi connectivity index (χ0v) is 15.2. The molecule has 0 saturated carbocycles. The summed E-state index contributed by atoms with van der Waals surface area (Å²) in [5.41, 5.74) is 3.09. The maximum Gasteiger partial charge on any atom is 0.258 e. The monoisotopic (exact) mass is 352 g/mol. The van der Waals surface area contributed by atoms with E-state index >= 15 is 0 Å². The van der Waals surface area contributed by atoms with Crippen LogP contribution in [0, 0.1) is 6.92 Å². The van der Waals surface area contributed by atoms with Gasteiger partial charge in [-0.25, -0.2) is 0 Å². The third-order valence-electron chi connectivity index (χ3n) is 4.57. The van der Waals surface area contributed by atoms with Crippen molar-refractivity contribution in [3.05, 3.63) is 59.7 Å². The van der Waals surface area contributed by atoms with E-state index in [9.17, 15) is 9.59 Å². The van der Waals surface area contributed by atoms with Crippen LogP contribution in [0.25, 0.3) is 0 Å². The molecule has 136 valence electrons. The van der Waals surface area contributed by atoms with Gasteiger partial charge in [-0.05, 0) is 56.5 Å². The Hall–Kier alpha value is -2.66. The molecular formula is C21H24N2O3. The lowest BCUT2D eigenvalue weighted by Gasteiger charge is -2.23. The van der Waals surface area contributed by atoms with E-state index in [2.05, 4.69) is 5.32 Å². The first kappa shape index (κ1) is 18.1. The molecule has 26 heavy (non-hydrogen) atoms. The van der Waals surface area contributed by atoms with Crippen molar-refractivity contribution in [3.63, 3.8) is 0 Å². The molecule has 1 saturated heterocycles. The van der Waals surface area contributed by atoms with Crippen molar-refractivity contribution >= 4 is 23.2 Å². The summed E-state index contributed by atoms with van der Waals surface area (Å²) in [6.45, 7) is 5.13. The number of nitrogens with one attached hydrogen (secondary N) is 1. The molecule has 1 aliphatic heterocycles. The fraction of sp³-hybridized carbons (Fsp3) is 0.333. The number of ether oxygens (including phenoxy) is 1. The fourth-order valence-electron chi connectivity index (χ4n) is 3.18. The predicted octanol–water partition coefficient (Wildman–Crippen LogP) is 3.78. The summed E-state index contributed by atoms with van der Waals surface area (Å²) in [6.07, 6.45) is 1.24. The third kappa shape index (κ3) is 3.94. The average Bonchev–Trinajstić information content (AvgIpc) is 3.19. The maximum atomic E-state index is 13.0. The number of aryl methyl sites for hydroxylation is 1. The Kier molecular flexibility index (Phi) is 5.68. The lowest BCUT2D eigenvalue weighted by atomic mass is 10.1. The van der Waals surface area contributed by atoms with Gasteiger partial charge in [0.05, 0.1) is 0 Å². The van der Waals surface area contributed by atoms with Crippen LogP contribution in [-0.2, 0) is 9.53 Å². The van der Waals surface area contributed by atoms with E-state index in [0.29, 0.717) is 24.4 Å². The Balaban J connectivity index is 1.79. The molecule has 1 N–H and O–H groups in total. The first-order valence-electron chi connectivity index (χ1n) is 9.00. The van der Waals surface area contributed by atoms with Crippen LogP contribution in [0.2, 0.25) is 0 Å². The Morgan fingerprint density at radius 2 is 2.00 bits per heavy atom. The molecule has 0 unspecified atom stereocenters. The van der Waals surface area contributed by atoms with Gasteiger partial charge >= 0.3 is 0 Å². The first-order chi connectivity index (χ1) is 12.6. The molecule has 1 fully saturated rings. The maximum absolute atomic E-state index is 13.0. The molecule has 1 atom stereocenters. The van der Waals surface area contributed by atoms with E-state index in [-0.39, 0.29) is 11.8 Å². The summed E-state index contributed by atoms with van der Waals surface area (Å²) in [7, 11) is 0. The number of carbonyl (C=O) groups excluding carboxylic acids is 2. The second-order valence-corrected chi connectivity index (χ2v) is 6.41. The highest BCUT2D eigenvalue weighted by Gasteiger charge is 2.24. The van der Waals surface area contributed by atoms with Gasteiger partial charge in [-0.2, -0.15) is 0 Å². The summed E-state index contributed by atoms with van der Waals surface area (Å²) in [6, 6.07) is 14.9. The molecule has 0 aliphatic carbocycles. The van der Waals surface area contributed by atoms with Crippen LogP contribution in [0.3, 0.4) is 0 Å². The van der Waals surface area contributed by atoms with Gasteiger partial charge in [-0.1, -0.05) is 24.3 Å². The van der Waals surface area contributed by atoms with E-state index in [1.807, 2.05) is 38.1 Å². The van der Waals surface area contributed by atoms with Crippen LogP contribution in [0.1, 0.15) is 35.7 Å². The fourth-order valence-corrected chi connectivity index (χ4v) is 3.18. The highest BCUT2D eigenvalue weighted by Crippen LogP contribution is 2.23. The molecule has 0 bridgehead atoms. The van der Waals surface area contributed by atoms with Crippen LogP contribution < -0.4 is 10.2 Å². The highest BCUT2D eigenvalue weighted by molar-refractivity contribution is 6.07. The molecule has 3 rings (SSSR count). The molecule has 1 aliphatic rings. The highest BCUT2D eigenvalue weighted by atomic mass is 16.5. The summed E-state index contributed by atoms with van der Waals surface area (Å²) >= 11 is 0. The second-order valence-electron chi connectivity index (χ2n) is 6.41. The number of rotatable bonds is 5. The summed E-state index contributed by atoms with van der Waals surface area (Å²) in [4.78, 5) is 27.0. The zero-order valence-electron chi connectivity index (χ0n) is 15.2. The van der Waals surface area contributed by atoms with Gasteiger partial charge in [0.2, 0.25) is 0 Å². The van der Waals surface area contributed by atoms with Crippen molar-refractivity contribution in [2.45, 2.75) is 32.8 Å². The van der Waals surface area contributed by atoms with Crippen molar-refractivity contribution in [2.24, 2.45) is 0 Å². The van der Waals surface area contributed by atoms with Crippen molar-refractivity contribution in [3.8, 4) is 0 Å². The largest absolute Gasteiger partial charge is 0.368 e. The number of anilines is 2. The molecule has 0 aromatic heterocycles. The van der Waals surface area contributed by atoms with Crippen molar-refractivity contribution < 1.29 is 14.3 Å². The predicted molar refractivity (Wildman–Crippen MR) is 103 cm³/mol. The molecule has 2 aromatic rings. The van der Waals surface area contributed by atoms with Crippen LogP contribution in [-0.4, -0.2) is 31.1 Å². The van der Waals surface area contributed by atoms with Gasteiger partial charge in [-0.3, -0.25) is 9.59 Å². The zero-order chi connectivity index (χ0) is 18.5. The van der Waals surface area contributed by atoms with Gasteiger partial charge < -0.3 is 15.0 Å². The summed E-state index contributed by atoms with van der Waals surface area (Å²) in [5.74, 6) is -0.242. The molecule has 0 radical (unpaired) electrons. The normalized spacial score (nSPS) is 16.3. The third-order valence-corrected chi connectivity index (χ3v) is 4.57.